The Kier molecular flexibility index (Phi) is 10.1. The zero-order valence-electron chi connectivity index (χ0n) is 20.0. The maximum Gasteiger partial charge on any atom is 0.238 e. The van der Waals surface area contributed by atoms with Gasteiger partial charge >= 0.3 is 0 Å². The molecule has 3 aromatic rings. The average Bonchev–Trinajstić information content (AvgIpc) is 2.99. The van der Waals surface area contributed by atoms with Crippen LogP contribution in [0.1, 0.15) is 52.3 Å². The van der Waals surface area contributed by atoms with E-state index in [-0.39, 0.29) is 28.9 Å². The molecule has 0 unspecified atom stereocenters. The number of hydrogen-bond donors (Lipinski definition) is 1. The first-order valence-corrected chi connectivity index (χ1v) is 10.4. The molecule has 0 amide bonds. The van der Waals surface area contributed by atoms with E-state index in [2.05, 4.69) is 15.1 Å². The van der Waals surface area contributed by atoms with Gasteiger partial charge in [-0.2, -0.15) is 0 Å². The minimum atomic E-state index is -2.12. The fourth-order valence-corrected chi connectivity index (χ4v) is 2.70. The molecule has 3 rings (SSSR count). The third-order valence-electron chi connectivity index (χ3n) is 3.88. The summed E-state index contributed by atoms with van der Waals surface area (Å²) in [6.45, 7) is 12.5. The second-order valence-electron chi connectivity index (χ2n) is 8.38. The van der Waals surface area contributed by atoms with Crippen molar-refractivity contribution < 1.29 is 17.6 Å². The number of aromatic nitrogens is 3. The van der Waals surface area contributed by atoms with E-state index in [0.717, 1.165) is 0 Å². The standard InChI is InChI=1S/C16H15F2N5.C4H9B.C3H6F2/c1-4-20-14-8(2)5-10(6-11(14)17)13-12(18)7-23-15(13)9(3)21-16(19)22-23;1-4(2,3)5;1-2-3(4)5/h4-7H,1-3H3,(H2,19,22);1-3H3;3H,2H2,1H3. The van der Waals surface area contributed by atoms with Crippen molar-refractivity contribution in [3.05, 3.63) is 41.2 Å². The van der Waals surface area contributed by atoms with Crippen molar-refractivity contribution in [3.8, 4) is 11.1 Å². The van der Waals surface area contributed by atoms with Gasteiger partial charge in [-0.05, 0) is 44.0 Å². The van der Waals surface area contributed by atoms with E-state index >= 15 is 0 Å². The maximum absolute atomic E-state index is 14.4. The Morgan fingerprint density at radius 3 is 2.18 bits per heavy atom. The van der Waals surface area contributed by atoms with Gasteiger partial charge < -0.3 is 5.73 Å². The first kappa shape index (κ1) is 28.1. The molecule has 2 heterocycles. The van der Waals surface area contributed by atoms with Gasteiger partial charge in [0.1, 0.15) is 11.5 Å². The van der Waals surface area contributed by atoms with Crippen molar-refractivity contribution in [2.24, 2.45) is 4.99 Å². The lowest BCUT2D eigenvalue weighted by Crippen LogP contribution is -2.03. The molecule has 178 valence electrons. The van der Waals surface area contributed by atoms with E-state index in [9.17, 15) is 17.6 Å². The molecule has 0 atom stereocenters. The van der Waals surface area contributed by atoms with Gasteiger partial charge in [0.05, 0.1) is 25.3 Å². The Labute approximate surface area is 193 Å². The molecule has 2 radical (unpaired) electrons. The summed E-state index contributed by atoms with van der Waals surface area (Å²) in [6.07, 6.45) is 0.580. The van der Waals surface area contributed by atoms with Gasteiger partial charge in [0.15, 0.2) is 5.82 Å². The zero-order valence-corrected chi connectivity index (χ0v) is 20.0. The van der Waals surface area contributed by atoms with Crippen molar-refractivity contribution >= 4 is 31.2 Å². The minimum Gasteiger partial charge on any atom is -0.367 e. The number of nitrogens with zero attached hydrogens (tertiary/aromatic N) is 4. The number of rotatable bonds is 3. The number of anilines is 1. The van der Waals surface area contributed by atoms with E-state index in [4.69, 9.17) is 13.6 Å². The minimum absolute atomic E-state index is 0. The third kappa shape index (κ3) is 8.51. The van der Waals surface area contributed by atoms with Gasteiger partial charge in [0.25, 0.3) is 0 Å². The number of alkyl halides is 2. The van der Waals surface area contributed by atoms with Crippen LogP contribution in [-0.2, 0) is 0 Å². The van der Waals surface area contributed by atoms with Crippen LogP contribution in [0.2, 0.25) is 5.31 Å². The van der Waals surface area contributed by atoms with Gasteiger partial charge in [0.2, 0.25) is 12.4 Å². The topological polar surface area (TPSA) is 68.6 Å². The summed E-state index contributed by atoms with van der Waals surface area (Å²) < 4.78 is 51.6. The molecular weight excluding hydrogens is 433 g/mol. The predicted molar refractivity (Wildman–Crippen MR) is 128 cm³/mol. The highest BCUT2D eigenvalue weighted by Gasteiger charge is 2.19. The summed E-state index contributed by atoms with van der Waals surface area (Å²) in [5.74, 6) is -0.976. The molecule has 1 aromatic carbocycles. The van der Waals surface area contributed by atoms with E-state index in [1.54, 1.807) is 26.8 Å². The van der Waals surface area contributed by atoms with Crippen LogP contribution in [0.5, 0.6) is 0 Å². The molecular formula is C23H30BF4N5. The Morgan fingerprint density at radius 1 is 1.18 bits per heavy atom. The number of nitrogen functional groups attached to an aromatic ring is 1. The fraction of sp³-hybridized carbons (Fsp3) is 0.435. The predicted octanol–water partition coefficient (Wildman–Crippen LogP) is 6.63. The fourth-order valence-electron chi connectivity index (χ4n) is 2.70. The van der Waals surface area contributed by atoms with Crippen molar-refractivity contribution in [2.45, 2.75) is 66.6 Å². The molecule has 33 heavy (non-hydrogen) atoms. The number of aryl methyl sites for hydroxylation is 2. The molecule has 0 saturated heterocycles. The molecule has 0 bridgehead atoms. The smallest absolute Gasteiger partial charge is 0.238 e. The largest absolute Gasteiger partial charge is 0.367 e. The molecule has 0 fully saturated rings. The van der Waals surface area contributed by atoms with Crippen molar-refractivity contribution in [3.63, 3.8) is 0 Å². The van der Waals surface area contributed by atoms with Crippen molar-refractivity contribution in [2.75, 3.05) is 5.73 Å². The van der Waals surface area contributed by atoms with Crippen LogP contribution in [0.15, 0.2) is 23.3 Å². The molecule has 2 aromatic heterocycles. The Hall–Kier alpha value is -2.91. The second-order valence-corrected chi connectivity index (χ2v) is 8.38. The molecule has 10 heteroatoms. The first-order chi connectivity index (χ1) is 15.2. The summed E-state index contributed by atoms with van der Waals surface area (Å²) in [4.78, 5) is 8.06. The summed E-state index contributed by atoms with van der Waals surface area (Å²) in [5, 5.41) is 3.96. The van der Waals surface area contributed by atoms with Crippen molar-refractivity contribution in [1.29, 1.82) is 0 Å². The summed E-state index contributed by atoms with van der Waals surface area (Å²) >= 11 is 0. The number of fused-ring (bicyclic) bond motifs is 1. The summed E-state index contributed by atoms with van der Waals surface area (Å²) in [6, 6.07) is 2.96. The highest BCUT2D eigenvalue weighted by atomic mass is 19.3. The summed E-state index contributed by atoms with van der Waals surface area (Å²) in [7, 11) is 5.35. The third-order valence-corrected chi connectivity index (χ3v) is 3.88. The lowest BCUT2D eigenvalue weighted by atomic mass is 9.75. The molecule has 5 nitrogen and oxygen atoms in total. The van der Waals surface area contributed by atoms with E-state index in [0.29, 0.717) is 22.3 Å². The van der Waals surface area contributed by atoms with Gasteiger partial charge in [-0.1, -0.05) is 33.0 Å². The van der Waals surface area contributed by atoms with Gasteiger partial charge in [-0.3, -0.25) is 4.99 Å². The first-order valence-electron chi connectivity index (χ1n) is 10.4. The van der Waals surface area contributed by atoms with Crippen LogP contribution in [0, 0.1) is 25.5 Å². The van der Waals surface area contributed by atoms with Crippen LogP contribution in [0.25, 0.3) is 16.6 Å². The molecule has 0 saturated carbocycles. The highest BCUT2D eigenvalue weighted by Crippen LogP contribution is 2.35. The zero-order chi connectivity index (χ0) is 25.5. The van der Waals surface area contributed by atoms with Crippen LogP contribution in [0.3, 0.4) is 0 Å². The number of benzene rings is 1. The molecule has 0 aliphatic rings. The Bertz CT molecular complexity index is 1080. The monoisotopic (exact) mass is 463 g/mol. The Balaban J connectivity index is 0.000000460. The molecule has 2 N–H and O–H groups in total. The number of hydrogen-bond acceptors (Lipinski definition) is 4. The van der Waals surface area contributed by atoms with E-state index < -0.39 is 18.1 Å². The molecule has 0 aliphatic heterocycles. The van der Waals surface area contributed by atoms with Crippen LogP contribution in [-0.4, -0.2) is 35.1 Å². The van der Waals surface area contributed by atoms with Gasteiger partial charge in [-0.15, -0.1) is 5.10 Å². The van der Waals surface area contributed by atoms with Crippen LogP contribution >= 0.6 is 0 Å². The van der Waals surface area contributed by atoms with E-state index in [1.807, 2.05) is 20.8 Å². The summed E-state index contributed by atoms with van der Waals surface area (Å²) in [5.41, 5.74) is 8.08. The lowest BCUT2D eigenvalue weighted by Gasteiger charge is -2.08. The van der Waals surface area contributed by atoms with Gasteiger partial charge in [-0.25, -0.2) is 27.1 Å². The lowest BCUT2D eigenvalue weighted by molar-refractivity contribution is 0.144. The number of nitrogens with two attached hydrogens (primary N) is 1. The number of halogens is 4. The normalized spacial score (nSPS) is 11.4. The highest BCUT2D eigenvalue weighted by molar-refractivity contribution is 6.14. The Morgan fingerprint density at radius 2 is 1.73 bits per heavy atom. The van der Waals surface area contributed by atoms with E-state index in [1.165, 1.54) is 29.9 Å². The SMILES string of the molecule is CC=Nc1c(C)cc(-c2c(F)cn3nc(N)nc(C)c23)cc1F.CCC(F)F.[B]C(C)(C)C. The van der Waals surface area contributed by atoms with Crippen LogP contribution in [0.4, 0.5) is 29.2 Å². The van der Waals surface area contributed by atoms with Gasteiger partial charge in [0, 0.05) is 18.2 Å². The maximum atomic E-state index is 14.4. The average molecular weight is 463 g/mol. The van der Waals surface area contributed by atoms with Crippen molar-refractivity contribution in [1.82, 2.24) is 14.6 Å². The second kappa shape index (κ2) is 11.8. The molecule has 0 spiro atoms. The number of aliphatic imine (C=N–C) groups is 1. The van der Waals surface area contributed by atoms with Crippen LogP contribution < -0.4 is 5.73 Å². The molecule has 0 aliphatic carbocycles. The quantitative estimate of drug-likeness (QED) is 0.269.